The van der Waals surface area contributed by atoms with Crippen LogP contribution in [0.15, 0.2) is 69.6 Å². The Morgan fingerprint density at radius 2 is 1.92 bits per heavy atom. The molecule has 1 fully saturated rings. The first-order chi connectivity index (χ1) is 18.0. The Kier molecular flexibility index (Phi) is 8.88. The normalized spacial score (nSPS) is 18.3. The van der Waals surface area contributed by atoms with Gasteiger partial charge in [0.05, 0.1) is 0 Å². The molecule has 1 N–H and O–H groups in total. The van der Waals surface area contributed by atoms with Gasteiger partial charge in [0.25, 0.3) is 5.91 Å². The number of oxazole rings is 1. The summed E-state index contributed by atoms with van der Waals surface area (Å²) in [6.45, 7) is 4.77. The third kappa shape index (κ3) is 6.73. The molecule has 37 heavy (non-hydrogen) atoms. The summed E-state index contributed by atoms with van der Waals surface area (Å²) >= 11 is 0. The maximum absolute atomic E-state index is 13.3. The zero-order chi connectivity index (χ0) is 26.2. The van der Waals surface area contributed by atoms with Crippen LogP contribution in [-0.4, -0.2) is 53.6 Å². The molecule has 0 bridgehead atoms. The van der Waals surface area contributed by atoms with Crippen LogP contribution >= 0.6 is 0 Å². The van der Waals surface area contributed by atoms with Crippen molar-refractivity contribution in [1.82, 2.24) is 15.2 Å². The van der Waals surface area contributed by atoms with Crippen molar-refractivity contribution < 1.29 is 14.0 Å². The van der Waals surface area contributed by atoms with E-state index in [-0.39, 0.29) is 23.9 Å². The highest BCUT2D eigenvalue weighted by Crippen LogP contribution is 2.26. The number of hydrogen-bond acceptors (Lipinski definition) is 5. The number of hydrogen-bond donors (Lipinski definition) is 1. The largest absolute Gasteiger partial charge is 0.436 e. The van der Waals surface area contributed by atoms with Gasteiger partial charge in [-0.25, -0.2) is 4.98 Å². The minimum Gasteiger partial charge on any atom is -0.436 e. The maximum atomic E-state index is 13.3. The average Bonchev–Trinajstić information content (AvgIpc) is 3.36. The van der Waals surface area contributed by atoms with Crippen LogP contribution < -0.4 is 5.32 Å². The first kappa shape index (κ1) is 26.3. The summed E-state index contributed by atoms with van der Waals surface area (Å²) < 4.78 is 5.85. The van der Waals surface area contributed by atoms with E-state index in [9.17, 15) is 9.59 Å². The second kappa shape index (κ2) is 12.5. The number of rotatable bonds is 9. The van der Waals surface area contributed by atoms with E-state index >= 15 is 0 Å². The van der Waals surface area contributed by atoms with Crippen LogP contribution in [0.3, 0.4) is 0 Å². The lowest BCUT2D eigenvalue weighted by molar-refractivity contribution is -0.121. The van der Waals surface area contributed by atoms with Crippen molar-refractivity contribution in [2.24, 2.45) is 4.99 Å². The number of carbonyl (C=O) groups excluding carboxylic acids is 2. The number of para-hydroxylation sites is 2. The minimum absolute atomic E-state index is 0.0208. The Morgan fingerprint density at radius 1 is 1.14 bits per heavy atom. The summed E-state index contributed by atoms with van der Waals surface area (Å²) in [5.41, 5.74) is 4.07. The fraction of sp³-hybridized carbons (Fsp3) is 0.400. The highest BCUT2D eigenvalue weighted by molar-refractivity contribution is 5.94. The van der Waals surface area contributed by atoms with E-state index in [0.717, 1.165) is 60.9 Å². The van der Waals surface area contributed by atoms with E-state index in [1.807, 2.05) is 73.5 Å². The number of aromatic nitrogens is 1. The van der Waals surface area contributed by atoms with Gasteiger partial charge in [0.2, 0.25) is 11.8 Å². The van der Waals surface area contributed by atoms with E-state index in [2.05, 4.69) is 22.2 Å². The number of nitrogens with zero attached hydrogens (tertiary/aromatic N) is 3. The summed E-state index contributed by atoms with van der Waals surface area (Å²) in [6, 6.07) is 15.2. The third-order valence-corrected chi connectivity index (χ3v) is 6.99. The summed E-state index contributed by atoms with van der Waals surface area (Å²) in [4.78, 5) is 36.5. The molecular formula is C30H36N4O3. The standard InChI is InChI=1S/C30H36N4O3/c1-4-21(17-18-31-5-2)19-28(35)32-24-9-8-10-25(20-24)34(3)30(36)23-15-13-22(14-16-23)29-33-26-11-6-7-12-27(26)37-29/h6-7,11-18,24-25H,4-5,8-10,19-20H2,1-3H3,(H,32,35)/b21-17+,31-18?/t24-,25+/m0/s1. The van der Waals surface area contributed by atoms with Crippen molar-refractivity contribution in [2.45, 2.75) is 64.5 Å². The third-order valence-electron chi connectivity index (χ3n) is 6.99. The number of benzene rings is 2. The molecule has 0 spiro atoms. The molecule has 1 saturated carbocycles. The predicted molar refractivity (Wildman–Crippen MR) is 148 cm³/mol. The summed E-state index contributed by atoms with van der Waals surface area (Å²) in [5, 5.41) is 3.19. The number of fused-ring (bicyclic) bond motifs is 1. The molecular weight excluding hydrogens is 464 g/mol. The smallest absolute Gasteiger partial charge is 0.253 e. The van der Waals surface area contributed by atoms with Crippen LogP contribution in [0.25, 0.3) is 22.6 Å². The topological polar surface area (TPSA) is 87.8 Å². The second-order valence-electron chi connectivity index (χ2n) is 9.57. The van der Waals surface area contributed by atoms with Gasteiger partial charge in [-0.1, -0.05) is 24.6 Å². The fourth-order valence-electron chi connectivity index (χ4n) is 4.82. The van der Waals surface area contributed by atoms with Crippen LogP contribution in [0, 0.1) is 0 Å². The average molecular weight is 501 g/mol. The van der Waals surface area contributed by atoms with Gasteiger partial charge in [0.1, 0.15) is 5.52 Å². The lowest BCUT2D eigenvalue weighted by Crippen LogP contribution is -2.46. The predicted octanol–water partition coefficient (Wildman–Crippen LogP) is 5.81. The van der Waals surface area contributed by atoms with Crippen molar-refractivity contribution in [3.63, 3.8) is 0 Å². The second-order valence-corrected chi connectivity index (χ2v) is 9.57. The Balaban J connectivity index is 1.34. The van der Waals surface area contributed by atoms with E-state index in [4.69, 9.17) is 4.42 Å². The first-order valence-corrected chi connectivity index (χ1v) is 13.2. The molecule has 1 aliphatic carbocycles. The summed E-state index contributed by atoms with van der Waals surface area (Å²) in [7, 11) is 1.86. The number of allylic oxidation sites excluding steroid dienone is 1. The van der Waals surface area contributed by atoms with Crippen molar-refractivity contribution in [1.29, 1.82) is 0 Å². The quantitative estimate of drug-likeness (QED) is 0.376. The molecule has 3 aromatic rings. The number of aliphatic imine (C=N–C) groups is 1. The van der Waals surface area contributed by atoms with Gasteiger partial charge in [0.15, 0.2) is 5.58 Å². The Labute approximate surface area is 218 Å². The molecule has 4 rings (SSSR count). The van der Waals surface area contributed by atoms with E-state index in [1.165, 1.54) is 0 Å². The van der Waals surface area contributed by atoms with Crippen LogP contribution in [-0.2, 0) is 4.79 Å². The summed E-state index contributed by atoms with van der Waals surface area (Å²) in [5.74, 6) is 0.554. The number of carbonyl (C=O) groups is 2. The highest BCUT2D eigenvalue weighted by atomic mass is 16.3. The molecule has 7 heteroatoms. The minimum atomic E-state index is -0.0208. The van der Waals surface area contributed by atoms with Crippen LogP contribution in [0.4, 0.5) is 0 Å². The number of nitrogens with one attached hydrogen (secondary N) is 1. The van der Waals surface area contributed by atoms with Gasteiger partial charge in [0, 0.05) is 49.4 Å². The van der Waals surface area contributed by atoms with Crippen LogP contribution in [0.2, 0.25) is 0 Å². The van der Waals surface area contributed by atoms with Crippen molar-refractivity contribution >= 4 is 29.1 Å². The maximum Gasteiger partial charge on any atom is 0.253 e. The lowest BCUT2D eigenvalue weighted by Gasteiger charge is -2.35. The molecule has 2 atom stereocenters. The van der Waals surface area contributed by atoms with Crippen molar-refractivity contribution in [2.75, 3.05) is 13.6 Å². The Bertz CT molecular complexity index is 1240. The molecule has 1 aromatic heterocycles. The monoisotopic (exact) mass is 500 g/mol. The molecule has 0 aliphatic heterocycles. The highest BCUT2D eigenvalue weighted by Gasteiger charge is 2.29. The van der Waals surface area contributed by atoms with Gasteiger partial charge in [-0.3, -0.25) is 14.6 Å². The molecule has 0 saturated heterocycles. The zero-order valence-electron chi connectivity index (χ0n) is 21.9. The molecule has 1 aliphatic rings. The molecule has 2 aromatic carbocycles. The van der Waals surface area contributed by atoms with Crippen LogP contribution in [0.5, 0.6) is 0 Å². The first-order valence-electron chi connectivity index (χ1n) is 13.2. The van der Waals surface area contributed by atoms with E-state index in [0.29, 0.717) is 17.9 Å². The number of amides is 2. The molecule has 2 amide bonds. The van der Waals surface area contributed by atoms with Gasteiger partial charge in [-0.15, -0.1) is 0 Å². The Hall–Kier alpha value is -3.74. The van der Waals surface area contributed by atoms with Crippen molar-refractivity contribution in [3.05, 3.63) is 65.7 Å². The molecule has 0 unspecified atom stereocenters. The Morgan fingerprint density at radius 3 is 2.65 bits per heavy atom. The molecule has 7 nitrogen and oxygen atoms in total. The zero-order valence-corrected chi connectivity index (χ0v) is 21.9. The van der Waals surface area contributed by atoms with Gasteiger partial charge < -0.3 is 14.6 Å². The molecule has 194 valence electrons. The lowest BCUT2D eigenvalue weighted by atomic mass is 9.89. The molecule has 0 radical (unpaired) electrons. The van der Waals surface area contributed by atoms with Gasteiger partial charge >= 0.3 is 0 Å². The van der Waals surface area contributed by atoms with E-state index in [1.54, 1.807) is 6.21 Å². The van der Waals surface area contributed by atoms with Gasteiger partial charge in [-0.05, 0) is 81.5 Å². The summed E-state index contributed by atoms with van der Waals surface area (Å²) in [6.07, 6.45) is 8.53. The van der Waals surface area contributed by atoms with Crippen LogP contribution in [0.1, 0.15) is 62.7 Å². The van der Waals surface area contributed by atoms with Crippen molar-refractivity contribution in [3.8, 4) is 11.5 Å². The van der Waals surface area contributed by atoms with E-state index < -0.39 is 0 Å². The fourth-order valence-corrected chi connectivity index (χ4v) is 4.82. The van der Waals surface area contributed by atoms with Gasteiger partial charge in [-0.2, -0.15) is 0 Å². The SMILES string of the molecule is CCN=C/C=C(\CC)CC(=O)N[C@H]1CCC[C@@H](N(C)C(=O)c2ccc(-c3nc4ccccc4o3)cc2)C1. The molecule has 1 heterocycles.